The van der Waals surface area contributed by atoms with E-state index < -0.39 is 4.92 Å². The molecule has 0 amide bonds. The highest BCUT2D eigenvalue weighted by molar-refractivity contribution is 5.72. The Bertz CT molecular complexity index is 647. The van der Waals surface area contributed by atoms with Crippen LogP contribution in [0.2, 0.25) is 0 Å². The number of nitrogens with one attached hydrogen (secondary N) is 1. The lowest BCUT2D eigenvalue weighted by atomic mass is 9.96. The van der Waals surface area contributed by atoms with Crippen LogP contribution in [-0.2, 0) is 6.42 Å². The van der Waals surface area contributed by atoms with Crippen molar-refractivity contribution in [3.63, 3.8) is 0 Å². The van der Waals surface area contributed by atoms with Crippen LogP contribution in [0.25, 0.3) is 11.3 Å². The van der Waals surface area contributed by atoms with Crippen LogP contribution in [0.4, 0.5) is 11.5 Å². The Balaban J connectivity index is 2.56. The predicted octanol–water partition coefficient (Wildman–Crippen LogP) is 3.07. The van der Waals surface area contributed by atoms with E-state index in [9.17, 15) is 10.1 Å². The molecule has 1 heterocycles. The van der Waals surface area contributed by atoms with Gasteiger partial charge in [-0.2, -0.15) is 5.10 Å². The van der Waals surface area contributed by atoms with Gasteiger partial charge in [0.25, 0.3) is 5.69 Å². The molecule has 0 unspecified atom stereocenters. The van der Waals surface area contributed by atoms with Gasteiger partial charge in [0.2, 0.25) is 0 Å². The first-order chi connectivity index (χ1) is 9.40. The van der Waals surface area contributed by atoms with Gasteiger partial charge in [-0.15, -0.1) is 0 Å². The molecule has 2 rings (SSSR count). The van der Waals surface area contributed by atoms with Crippen LogP contribution in [0, 0.1) is 23.0 Å². The van der Waals surface area contributed by atoms with Crippen LogP contribution in [0.15, 0.2) is 18.2 Å². The van der Waals surface area contributed by atoms with Crippen molar-refractivity contribution in [1.82, 2.24) is 10.2 Å². The lowest BCUT2D eigenvalue weighted by Crippen LogP contribution is -2.00. The van der Waals surface area contributed by atoms with E-state index in [-0.39, 0.29) is 5.69 Å². The zero-order chi connectivity index (χ0) is 14.9. The number of aromatic nitrogens is 2. The summed E-state index contributed by atoms with van der Waals surface area (Å²) in [5.41, 5.74) is 9.38. The molecule has 6 heteroatoms. The second-order valence-corrected chi connectivity index (χ2v) is 5.32. The molecule has 1 aromatic heterocycles. The highest BCUT2D eigenvalue weighted by Gasteiger charge is 2.18. The minimum absolute atomic E-state index is 0.0641. The summed E-state index contributed by atoms with van der Waals surface area (Å²) in [6.45, 7) is 6.10. The maximum atomic E-state index is 10.9. The van der Waals surface area contributed by atoms with Crippen LogP contribution in [0.1, 0.15) is 25.0 Å². The van der Waals surface area contributed by atoms with Gasteiger partial charge in [-0.1, -0.05) is 19.9 Å². The van der Waals surface area contributed by atoms with Crippen molar-refractivity contribution in [2.24, 2.45) is 5.92 Å². The second-order valence-electron chi connectivity index (χ2n) is 5.32. The van der Waals surface area contributed by atoms with Crippen molar-refractivity contribution >= 4 is 11.5 Å². The van der Waals surface area contributed by atoms with Gasteiger partial charge in [0, 0.05) is 23.3 Å². The van der Waals surface area contributed by atoms with E-state index in [0.29, 0.717) is 11.7 Å². The number of hydrogen-bond acceptors (Lipinski definition) is 4. The number of rotatable bonds is 4. The molecule has 0 bridgehead atoms. The van der Waals surface area contributed by atoms with E-state index >= 15 is 0 Å². The van der Waals surface area contributed by atoms with Crippen molar-refractivity contribution < 1.29 is 4.92 Å². The van der Waals surface area contributed by atoms with Gasteiger partial charge in [0.1, 0.15) is 5.82 Å². The van der Waals surface area contributed by atoms with Crippen LogP contribution in [-0.4, -0.2) is 15.1 Å². The van der Waals surface area contributed by atoms with Crippen LogP contribution < -0.4 is 5.73 Å². The van der Waals surface area contributed by atoms with Gasteiger partial charge >= 0.3 is 0 Å². The molecule has 0 aliphatic carbocycles. The second kappa shape index (κ2) is 5.32. The highest BCUT2D eigenvalue weighted by Crippen LogP contribution is 2.32. The minimum atomic E-state index is -0.398. The normalized spacial score (nSPS) is 11.0. The predicted molar refractivity (Wildman–Crippen MR) is 78.4 cm³/mol. The van der Waals surface area contributed by atoms with Crippen molar-refractivity contribution in [3.8, 4) is 11.3 Å². The fourth-order valence-corrected chi connectivity index (χ4v) is 2.21. The molecular weight excluding hydrogens is 256 g/mol. The molecule has 2 aromatic rings. The van der Waals surface area contributed by atoms with Gasteiger partial charge < -0.3 is 5.73 Å². The molecule has 20 heavy (non-hydrogen) atoms. The third kappa shape index (κ3) is 2.64. The van der Waals surface area contributed by atoms with Gasteiger partial charge in [0.15, 0.2) is 0 Å². The van der Waals surface area contributed by atoms with E-state index in [1.807, 2.05) is 6.92 Å². The Morgan fingerprint density at radius 3 is 2.75 bits per heavy atom. The van der Waals surface area contributed by atoms with Crippen LogP contribution in [0.3, 0.4) is 0 Å². The molecule has 0 fully saturated rings. The number of H-pyrrole nitrogens is 1. The molecule has 0 aliphatic heterocycles. The molecule has 0 saturated carbocycles. The largest absolute Gasteiger partial charge is 0.382 e. The number of nitro benzene ring substituents is 1. The Morgan fingerprint density at radius 1 is 1.45 bits per heavy atom. The number of non-ortho nitro benzene ring substituents is 1. The molecule has 0 saturated heterocycles. The molecule has 6 nitrogen and oxygen atoms in total. The minimum Gasteiger partial charge on any atom is -0.382 e. The van der Waals surface area contributed by atoms with Gasteiger partial charge in [-0.25, -0.2) is 0 Å². The summed E-state index contributed by atoms with van der Waals surface area (Å²) in [5, 5.41) is 17.9. The maximum Gasteiger partial charge on any atom is 0.270 e. The quantitative estimate of drug-likeness (QED) is 0.661. The lowest BCUT2D eigenvalue weighted by molar-refractivity contribution is -0.384. The molecule has 0 atom stereocenters. The zero-order valence-corrected chi connectivity index (χ0v) is 11.8. The fourth-order valence-electron chi connectivity index (χ4n) is 2.21. The van der Waals surface area contributed by atoms with Crippen LogP contribution >= 0.6 is 0 Å². The molecule has 106 valence electrons. The molecule has 0 aliphatic rings. The van der Waals surface area contributed by atoms with Crippen molar-refractivity contribution in [2.75, 3.05) is 5.73 Å². The number of nitrogens with two attached hydrogens (primary N) is 1. The Labute approximate surface area is 117 Å². The number of aryl methyl sites for hydroxylation is 1. The molecule has 0 spiro atoms. The van der Waals surface area contributed by atoms with Gasteiger partial charge in [-0.05, 0) is 24.8 Å². The fraction of sp³-hybridized carbons (Fsp3) is 0.357. The van der Waals surface area contributed by atoms with E-state index in [1.54, 1.807) is 12.1 Å². The third-order valence-corrected chi connectivity index (χ3v) is 3.21. The number of anilines is 1. The van der Waals surface area contributed by atoms with E-state index in [4.69, 9.17) is 5.73 Å². The number of aromatic amines is 1. The van der Waals surface area contributed by atoms with Crippen molar-refractivity contribution in [2.45, 2.75) is 27.2 Å². The van der Waals surface area contributed by atoms with Gasteiger partial charge in [0.05, 0.1) is 10.6 Å². The molecule has 0 radical (unpaired) electrons. The van der Waals surface area contributed by atoms with E-state index in [1.165, 1.54) is 6.07 Å². The highest BCUT2D eigenvalue weighted by atomic mass is 16.6. The smallest absolute Gasteiger partial charge is 0.270 e. The summed E-state index contributed by atoms with van der Waals surface area (Å²) < 4.78 is 0. The number of benzene rings is 1. The summed E-state index contributed by atoms with van der Waals surface area (Å²) in [4.78, 5) is 10.5. The van der Waals surface area contributed by atoms with E-state index in [0.717, 1.165) is 28.8 Å². The molecule has 3 N–H and O–H groups in total. The summed E-state index contributed by atoms with van der Waals surface area (Å²) in [7, 11) is 0. The first kappa shape index (κ1) is 14.0. The first-order valence-corrected chi connectivity index (χ1v) is 6.48. The maximum absolute atomic E-state index is 10.9. The summed E-state index contributed by atoms with van der Waals surface area (Å²) in [6.07, 6.45) is 0.778. The number of nitro groups is 1. The summed E-state index contributed by atoms with van der Waals surface area (Å²) >= 11 is 0. The number of nitrogen functional groups attached to an aromatic ring is 1. The Kier molecular flexibility index (Phi) is 3.74. The zero-order valence-electron chi connectivity index (χ0n) is 11.8. The molecular formula is C14H18N4O2. The standard InChI is InChI=1S/C14H18N4O2/c1-8(2)6-12-13(16-17-14(12)15)11-7-10(18(19)20)5-4-9(11)3/h4-5,7-8H,6H2,1-3H3,(H3,15,16,17). The van der Waals surface area contributed by atoms with Gasteiger partial charge in [-0.3, -0.25) is 15.2 Å². The number of hydrogen-bond donors (Lipinski definition) is 2. The third-order valence-electron chi connectivity index (χ3n) is 3.21. The topological polar surface area (TPSA) is 97.8 Å². The first-order valence-electron chi connectivity index (χ1n) is 6.48. The summed E-state index contributed by atoms with van der Waals surface area (Å²) in [5.74, 6) is 0.882. The van der Waals surface area contributed by atoms with Crippen LogP contribution in [0.5, 0.6) is 0 Å². The van der Waals surface area contributed by atoms with E-state index in [2.05, 4.69) is 24.0 Å². The lowest BCUT2D eigenvalue weighted by Gasteiger charge is -2.09. The monoisotopic (exact) mass is 274 g/mol. The average Bonchev–Trinajstić information content (AvgIpc) is 2.71. The molecule has 1 aromatic carbocycles. The van der Waals surface area contributed by atoms with Crippen molar-refractivity contribution in [3.05, 3.63) is 39.4 Å². The Hall–Kier alpha value is -2.37. The Morgan fingerprint density at radius 2 is 2.15 bits per heavy atom. The summed E-state index contributed by atoms with van der Waals surface area (Å²) in [6, 6.07) is 4.80. The SMILES string of the molecule is Cc1ccc([N+](=O)[O-])cc1-c1[nH]nc(N)c1CC(C)C. The van der Waals surface area contributed by atoms with Crippen molar-refractivity contribution in [1.29, 1.82) is 0 Å². The number of nitrogens with zero attached hydrogens (tertiary/aromatic N) is 2. The average molecular weight is 274 g/mol.